The minimum absolute atomic E-state index is 0.196. The van der Waals surface area contributed by atoms with E-state index in [0.717, 1.165) is 27.9 Å². The minimum atomic E-state index is 0.196. The number of fused-ring (bicyclic) bond motifs is 7. The molecular weight excluding hydrogens is 258 g/mol. The van der Waals surface area contributed by atoms with Crippen molar-refractivity contribution in [3.05, 3.63) is 59.3 Å². The summed E-state index contributed by atoms with van der Waals surface area (Å²) >= 11 is 0. The summed E-state index contributed by atoms with van der Waals surface area (Å²) in [6.45, 7) is 8.11. The molecule has 0 fully saturated rings. The maximum absolute atomic E-state index is 12.3. The third-order valence-corrected chi connectivity index (χ3v) is 4.93. The van der Waals surface area contributed by atoms with Crippen molar-refractivity contribution in [3.8, 4) is 0 Å². The van der Waals surface area contributed by atoms with Gasteiger partial charge in [0.1, 0.15) is 0 Å². The third-order valence-electron chi connectivity index (χ3n) is 4.93. The summed E-state index contributed by atoms with van der Waals surface area (Å²) in [6, 6.07) is 10.4. The summed E-state index contributed by atoms with van der Waals surface area (Å²) in [5, 5.41) is 1.20. The van der Waals surface area contributed by atoms with Gasteiger partial charge >= 0.3 is 0 Å². The molecule has 2 unspecified atom stereocenters. The van der Waals surface area contributed by atoms with Crippen LogP contribution < -0.4 is 0 Å². The number of rotatable bonds is 1. The van der Waals surface area contributed by atoms with Crippen molar-refractivity contribution >= 4 is 22.3 Å². The lowest BCUT2D eigenvalue weighted by Gasteiger charge is -2.31. The molecule has 1 aromatic carbocycles. The molecule has 2 heteroatoms. The van der Waals surface area contributed by atoms with Crippen LogP contribution in [0.4, 0.5) is 0 Å². The van der Waals surface area contributed by atoms with Crippen LogP contribution in [0.5, 0.6) is 0 Å². The van der Waals surface area contributed by atoms with Gasteiger partial charge < -0.3 is 0 Å². The van der Waals surface area contributed by atoms with Gasteiger partial charge in [0, 0.05) is 17.7 Å². The molecule has 104 valence electrons. The first-order valence-corrected chi connectivity index (χ1v) is 7.37. The second-order valence-electron chi connectivity index (χ2n) is 6.21. The van der Waals surface area contributed by atoms with Crippen LogP contribution in [-0.4, -0.2) is 10.8 Å². The van der Waals surface area contributed by atoms with Gasteiger partial charge in [-0.15, -0.1) is 0 Å². The fraction of sp³-hybridized carbons (Fsp3) is 0.263. The number of Topliss-reactive ketones (excluding diaryl/α,β-unsaturated/α-hetero) is 1. The quantitative estimate of drug-likeness (QED) is 0.727. The molecule has 4 rings (SSSR count). The third kappa shape index (κ3) is 1.59. The number of carbonyl (C=O) groups is 1. The van der Waals surface area contributed by atoms with Crippen molar-refractivity contribution in [2.24, 2.45) is 5.92 Å². The molecule has 2 bridgehead atoms. The van der Waals surface area contributed by atoms with E-state index in [1.54, 1.807) is 0 Å². The van der Waals surface area contributed by atoms with Crippen LogP contribution in [0.15, 0.2) is 48.1 Å². The largest absolute Gasteiger partial charge is 0.295 e. The molecule has 0 radical (unpaired) electrons. The molecule has 0 aliphatic heterocycles. The van der Waals surface area contributed by atoms with Gasteiger partial charge in [-0.05, 0) is 48.6 Å². The van der Waals surface area contributed by atoms with Crippen molar-refractivity contribution in [2.45, 2.75) is 26.2 Å². The van der Waals surface area contributed by atoms with E-state index in [2.05, 4.69) is 24.8 Å². The van der Waals surface area contributed by atoms with E-state index >= 15 is 0 Å². The Balaban J connectivity index is 2.07. The second-order valence-corrected chi connectivity index (χ2v) is 6.21. The number of carbonyl (C=O) groups excluding carboxylic acids is 1. The fourth-order valence-electron chi connectivity index (χ4n) is 3.84. The van der Waals surface area contributed by atoms with Gasteiger partial charge in [0.2, 0.25) is 0 Å². The van der Waals surface area contributed by atoms with E-state index in [-0.39, 0.29) is 17.6 Å². The second kappa shape index (κ2) is 4.14. The molecule has 2 aliphatic carbocycles. The molecule has 21 heavy (non-hydrogen) atoms. The highest BCUT2D eigenvalue weighted by molar-refractivity contribution is 6.08. The van der Waals surface area contributed by atoms with E-state index in [4.69, 9.17) is 4.98 Å². The number of hydrogen-bond acceptors (Lipinski definition) is 2. The van der Waals surface area contributed by atoms with Crippen molar-refractivity contribution in [2.75, 3.05) is 0 Å². The van der Waals surface area contributed by atoms with Gasteiger partial charge in [-0.3, -0.25) is 4.79 Å². The summed E-state index contributed by atoms with van der Waals surface area (Å²) in [5.74, 6) is 0.687. The molecule has 0 spiro atoms. The summed E-state index contributed by atoms with van der Waals surface area (Å²) in [5.41, 5.74) is 6.41. The zero-order chi connectivity index (χ0) is 14.7. The van der Waals surface area contributed by atoms with Gasteiger partial charge in [-0.1, -0.05) is 30.4 Å². The highest BCUT2D eigenvalue weighted by Gasteiger charge is 2.41. The maximum atomic E-state index is 12.3. The number of aromatic nitrogens is 1. The molecule has 0 N–H and O–H groups in total. The van der Waals surface area contributed by atoms with E-state index in [9.17, 15) is 4.79 Å². The number of benzene rings is 1. The minimum Gasteiger partial charge on any atom is -0.295 e. The Morgan fingerprint density at radius 3 is 2.86 bits per heavy atom. The molecule has 2 aliphatic rings. The van der Waals surface area contributed by atoms with E-state index in [1.807, 2.05) is 26.0 Å². The molecule has 2 aromatic rings. The zero-order valence-electron chi connectivity index (χ0n) is 12.3. The normalized spacial score (nSPS) is 23.6. The molecule has 1 aromatic heterocycles. The molecule has 2 atom stereocenters. The first-order chi connectivity index (χ1) is 10.1. The van der Waals surface area contributed by atoms with Crippen LogP contribution in [0, 0.1) is 5.92 Å². The van der Waals surface area contributed by atoms with Gasteiger partial charge in [0.05, 0.1) is 11.2 Å². The van der Waals surface area contributed by atoms with E-state index < -0.39 is 0 Å². The van der Waals surface area contributed by atoms with Crippen LogP contribution in [0.25, 0.3) is 16.5 Å². The lowest BCUT2D eigenvalue weighted by Crippen LogP contribution is -2.24. The summed E-state index contributed by atoms with van der Waals surface area (Å²) in [6.07, 6.45) is 0.572. The Hall–Kier alpha value is -2.22. The number of hydrogen-bond donors (Lipinski definition) is 0. The van der Waals surface area contributed by atoms with Gasteiger partial charge in [0.15, 0.2) is 5.78 Å². The highest BCUT2D eigenvalue weighted by Crippen LogP contribution is 2.53. The van der Waals surface area contributed by atoms with E-state index in [0.29, 0.717) is 6.42 Å². The van der Waals surface area contributed by atoms with Crippen LogP contribution >= 0.6 is 0 Å². The molecule has 0 saturated carbocycles. The zero-order valence-corrected chi connectivity index (χ0v) is 12.3. The number of nitrogens with zero attached hydrogens (tertiary/aromatic N) is 1. The van der Waals surface area contributed by atoms with E-state index in [1.165, 1.54) is 10.9 Å². The smallest absolute Gasteiger partial charge is 0.159 e. The molecule has 0 saturated heterocycles. The van der Waals surface area contributed by atoms with Gasteiger partial charge in [0.25, 0.3) is 0 Å². The molecular formula is C19H17NO. The lowest BCUT2D eigenvalue weighted by molar-refractivity contribution is -0.116. The van der Waals surface area contributed by atoms with Crippen LogP contribution in [-0.2, 0) is 4.79 Å². The molecule has 1 heterocycles. The van der Waals surface area contributed by atoms with Crippen LogP contribution in [0.2, 0.25) is 0 Å². The Morgan fingerprint density at radius 2 is 2.10 bits per heavy atom. The summed E-state index contributed by atoms with van der Waals surface area (Å²) in [4.78, 5) is 17.1. The first kappa shape index (κ1) is 12.5. The lowest BCUT2D eigenvalue weighted by atomic mass is 9.71. The first-order valence-electron chi connectivity index (χ1n) is 7.37. The fourth-order valence-corrected chi connectivity index (χ4v) is 3.84. The SMILES string of the molecule is C=C(C)C1CC(=O)C(C)=C2c3cc(c4ccccc4n3)C21. The average molecular weight is 275 g/mol. The van der Waals surface area contributed by atoms with Crippen molar-refractivity contribution in [3.63, 3.8) is 0 Å². The number of para-hydroxylation sites is 1. The molecule has 0 amide bonds. The molecule has 2 nitrogen and oxygen atoms in total. The van der Waals surface area contributed by atoms with Crippen LogP contribution in [0.1, 0.15) is 37.4 Å². The summed E-state index contributed by atoms with van der Waals surface area (Å²) < 4.78 is 0. The Kier molecular flexibility index (Phi) is 2.47. The predicted molar refractivity (Wildman–Crippen MR) is 85.0 cm³/mol. The Bertz CT molecular complexity index is 844. The number of allylic oxidation sites excluding steroid dienone is 3. The Morgan fingerprint density at radius 1 is 1.33 bits per heavy atom. The topological polar surface area (TPSA) is 30.0 Å². The van der Waals surface area contributed by atoms with Gasteiger partial charge in [-0.25, -0.2) is 4.98 Å². The van der Waals surface area contributed by atoms with Crippen molar-refractivity contribution in [1.29, 1.82) is 0 Å². The number of pyridine rings is 1. The monoisotopic (exact) mass is 275 g/mol. The van der Waals surface area contributed by atoms with Crippen LogP contribution in [0.3, 0.4) is 0 Å². The number of ketones is 1. The van der Waals surface area contributed by atoms with Gasteiger partial charge in [-0.2, -0.15) is 0 Å². The predicted octanol–water partition coefficient (Wildman–Crippen LogP) is 4.27. The summed E-state index contributed by atoms with van der Waals surface area (Å²) in [7, 11) is 0. The maximum Gasteiger partial charge on any atom is 0.159 e. The van der Waals surface area contributed by atoms with Crippen molar-refractivity contribution < 1.29 is 4.79 Å². The highest BCUT2D eigenvalue weighted by atomic mass is 16.1. The standard InChI is InChI=1S/C19H17NO/c1-10(2)13-9-17(21)11(3)18-16-8-14(19(13)18)12-6-4-5-7-15(12)20-16/h4-8,13,19H,1,9H2,2-3H3. The van der Waals surface area contributed by atoms with Crippen molar-refractivity contribution in [1.82, 2.24) is 4.98 Å². The average Bonchev–Trinajstić information content (AvgIpc) is 2.77. The Labute approximate surface area is 124 Å².